The van der Waals surface area contributed by atoms with Crippen LogP contribution in [0.3, 0.4) is 0 Å². The molecule has 0 N–H and O–H groups in total. The number of benzene rings is 2. The summed E-state index contributed by atoms with van der Waals surface area (Å²) >= 11 is 1.88. The third-order valence-electron chi connectivity index (χ3n) is 4.22. The Labute approximate surface area is 184 Å². The topological polar surface area (TPSA) is 66.9 Å². The zero-order chi connectivity index (χ0) is 21.6. The zero-order valence-electron chi connectivity index (χ0n) is 17.0. The summed E-state index contributed by atoms with van der Waals surface area (Å²) in [4.78, 5) is 39.7. The number of aryl methyl sites for hydroxylation is 1. The Bertz CT molecular complexity index is 878. The molecule has 0 aliphatic carbocycles. The van der Waals surface area contributed by atoms with Crippen molar-refractivity contribution in [3.63, 3.8) is 0 Å². The Kier molecular flexibility index (Phi) is 7.78. The number of carbonyl (C=O) groups is 3. The van der Waals surface area contributed by atoms with Gasteiger partial charge in [-0.15, -0.1) is 5.01 Å². The van der Waals surface area contributed by atoms with E-state index in [4.69, 9.17) is 4.74 Å². The molecule has 0 aliphatic rings. The van der Waals surface area contributed by atoms with Gasteiger partial charge in [-0.05, 0) is 73.5 Å². The van der Waals surface area contributed by atoms with Crippen molar-refractivity contribution in [3.05, 3.63) is 71.3 Å². The molecular weight excluding hydrogens is 483 g/mol. The lowest BCUT2D eigenvalue weighted by molar-refractivity contribution is -0.0368. The minimum Gasteiger partial charge on any atom is -0.437 e. The fraction of sp³-hybridized carbons (Fsp3) is 0.318. The number of hydrazine groups is 1. The van der Waals surface area contributed by atoms with Crippen molar-refractivity contribution in [2.45, 2.75) is 39.7 Å². The van der Waals surface area contributed by atoms with Crippen molar-refractivity contribution in [1.29, 1.82) is 0 Å². The lowest BCUT2D eigenvalue weighted by atomic mass is 10.0. The van der Waals surface area contributed by atoms with Gasteiger partial charge < -0.3 is 4.74 Å². The van der Waals surface area contributed by atoms with Gasteiger partial charge in [0.2, 0.25) is 0 Å². The number of rotatable bonds is 4. The van der Waals surface area contributed by atoms with E-state index < -0.39 is 23.4 Å². The Morgan fingerprint density at radius 2 is 1.52 bits per heavy atom. The minimum atomic E-state index is -0.894. The summed E-state index contributed by atoms with van der Waals surface area (Å²) < 4.78 is 5.19. The molecule has 2 aromatic carbocycles. The largest absolute Gasteiger partial charge is 0.437 e. The average molecular weight is 508 g/mol. The molecule has 0 aliphatic heterocycles. The molecule has 0 fully saturated rings. The summed E-state index contributed by atoms with van der Waals surface area (Å²) in [5.41, 5.74) is 0.640. The van der Waals surface area contributed by atoms with Gasteiger partial charge in [0.15, 0.2) is 0 Å². The normalized spacial score (nSPS) is 10.9. The second-order valence-electron chi connectivity index (χ2n) is 7.30. The molecule has 0 saturated carbocycles. The molecule has 0 spiro atoms. The van der Waals surface area contributed by atoms with Gasteiger partial charge in [-0.25, -0.2) is 9.80 Å². The van der Waals surface area contributed by atoms with Crippen molar-refractivity contribution >= 4 is 40.5 Å². The number of imide groups is 1. The van der Waals surface area contributed by atoms with E-state index in [2.05, 4.69) is 0 Å². The summed E-state index contributed by atoms with van der Waals surface area (Å²) in [6, 6.07) is 15.6. The Morgan fingerprint density at radius 1 is 0.931 bits per heavy atom. The van der Waals surface area contributed by atoms with Gasteiger partial charge in [0.1, 0.15) is 4.61 Å². The average Bonchev–Trinajstić information content (AvgIpc) is 2.70. The molecule has 0 heterocycles. The van der Waals surface area contributed by atoms with Crippen LogP contribution in [0.15, 0.2) is 54.6 Å². The SMILES string of the molecule is CCc1ccccc1C(=O)N(C(=O)OCI)N(C(=O)c1ccccc1)C(C)(C)C. The van der Waals surface area contributed by atoms with Crippen LogP contribution >= 0.6 is 22.6 Å². The second-order valence-corrected chi connectivity index (χ2v) is 7.92. The van der Waals surface area contributed by atoms with Gasteiger partial charge in [0, 0.05) is 11.1 Å². The molecule has 0 saturated heterocycles. The summed E-state index contributed by atoms with van der Waals surface area (Å²) in [5, 5.41) is 1.99. The molecule has 7 heteroatoms. The molecule has 3 amide bonds. The Balaban J connectivity index is 2.62. The maximum Gasteiger partial charge on any atom is 0.437 e. The van der Waals surface area contributed by atoms with Gasteiger partial charge in [-0.1, -0.05) is 43.3 Å². The monoisotopic (exact) mass is 508 g/mol. The summed E-state index contributed by atoms with van der Waals surface area (Å²) in [6.07, 6.45) is -0.284. The second kappa shape index (κ2) is 9.87. The Morgan fingerprint density at radius 3 is 2.07 bits per heavy atom. The number of carbonyl (C=O) groups excluding carboxylic acids is 3. The van der Waals surface area contributed by atoms with Crippen LogP contribution in [0.25, 0.3) is 0 Å². The highest BCUT2D eigenvalue weighted by molar-refractivity contribution is 14.1. The molecule has 2 rings (SSSR count). The number of hydrogen-bond donors (Lipinski definition) is 0. The highest BCUT2D eigenvalue weighted by atomic mass is 127. The van der Waals surface area contributed by atoms with Crippen LogP contribution in [0, 0.1) is 0 Å². The maximum atomic E-state index is 13.5. The van der Waals surface area contributed by atoms with Gasteiger partial charge in [0.25, 0.3) is 11.8 Å². The van der Waals surface area contributed by atoms with Crippen molar-refractivity contribution < 1.29 is 19.1 Å². The van der Waals surface area contributed by atoms with Crippen molar-refractivity contribution in [3.8, 4) is 0 Å². The van der Waals surface area contributed by atoms with Crippen LogP contribution in [0.4, 0.5) is 4.79 Å². The summed E-state index contributed by atoms with van der Waals surface area (Å²) in [6.45, 7) is 7.21. The minimum absolute atomic E-state index is 0.0489. The fourth-order valence-electron chi connectivity index (χ4n) is 2.91. The number of ether oxygens (including phenoxy) is 1. The molecule has 6 nitrogen and oxygen atoms in total. The van der Waals surface area contributed by atoms with Gasteiger partial charge in [-0.2, -0.15) is 0 Å². The van der Waals surface area contributed by atoms with E-state index >= 15 is 0 Å². The van der Waals surface area contributed by atoms with Crippen molar-refractivity contribution in [2.75, 3.05) is 4.61 Å². The lowest BCUT2D eigenvalue weighted by Gasteiger charge is -2.41. The summed E-state index contributed by atoms with van der Waals surface area (Å²) in [7, 11) is 0. The molecule has 0 radical (unpaired) electrons. The first-order valence-corrected chi connectivity index (χ1v) is 10.8. The van der Waals surface area contributed by atoms with E-state index in [1.807, 2.05) is 41.6 Å². The molecule has 29 heavy (non-hydrogen) atoms. The number of amides is 3. The summed E-state index contributed by atoms with van der Waals surface area (Å²) in [5.74, 6) is -1.07. The van der Waals surface area contributed by atoms with Crippen molar-refractivity contribution in [2.24, 2.45) is 0 Å². The number of hydrogen-bond acceptors (Lipinski definition) is 4. The molecule has 2 aromatic rings. The molecule has 0 atom stereocenters. The molecule has 0 aromatic heterocycles. The number of halogens is 1. The van der Waals surface area contributed by atoms with E-state index in [0.29, 0.717) is 17.5 Å². The lowest BCUT2D eigenvalue weighted by Crippen LogP contribution is -2.60. The van der Waals surface area contributed by atoms with E-state index in [1.54, 1.807) is 63.2 Å². The third-order valence-corrected chi connectivity index (χ3v) is 4.53. The highest BCUT2D eigenvalue weighted by Crippen LogP contribution is 2.24. The van der Waals surface area contributed by atoms with Crippen LogP contribution < -0.4 is 0 Å². The van der Waals surface area contributed by atoms with Gasteiger partial charge in [0.05, 0.1) is 5.54 Å². The quantitative estimate of drug-likeness (QED) is 0.329. The van der Waals surface area contributed by atoms with Crippen molar-refractivity contribution in [1.82, 2.24) is 10.0 Å². The smallest absolute Gasteiger partial charge is 0.437 e. The number of nitrogens with zero attached hydrogens (tertiary/aromatic N) is 2. The zero-order valence-corrected chi connectivity index (χ0v) is 19.2. The third kappa shape index (κ3) is 5.35. The van der Waals surface area contributed by atoms with Crippen LogP contribution in [0.2, 0.25) is 0 Å². The standard InChI is InChI=1S/C22H25IN2O4/c1-5-16-11-9-10-14-18(16)20(27)24(21(28)29-15-23)25(22(2,3)4)19(26)17-12-7-6-8-13-17/h6-14H,5,15H2,1-4H3. The molecule has 0 unspecified atom stereocenters. The van der Waals surface area contributed by atoms with E-state index in [1.165, 1.54) is 5.01 Å². The Hall–Kier alpha value is -2.42. The van der Waals surface area contributed by atoms with Crippen LogP contribution in [-0.4, -0.2) is 38.1 Å². The first-order chi connectivity index (χ1) is 13.7. The molecule has 154 valence electrons. The van der Waals surface area contributed by atoms with E-state index in [9.17, 15) is 14.4 Å². The maximum absolute atomic E-state index is 13.5. The first kappa shape index (κ1) is 22.9. The predicted molar refractivity (Wildman–Crippen MR) is 120 cm³/mol. The first-order valence-electron chi connectivity index (χ1n) is 9.27. The number of alkyl halides is 1. The highest BCUT2D eigenvalue weighted by Gasteiger charge is 2.41. The predicted octanol–water partition coefficient (Wildman–Crippen LogP) is 5.08. The van der Waals surface area contributed by atoms with Crippen LogP contribution in [0.1, 0.15) is 54.0 Å². The molecule has 0 bridgehead atoms. The molecular formula is C22H25IN2O4. The van der Waals surface area contributed by atoms with Gasteiger partial charge in [-0.3, -0.25) is 9.59 Å². The van der Waals surface area contributed by atoms with Gasteiger partial charge >= 0.3 is 6.09 Å². The van der Waals surface area contributed by atoms with Crippen LogP contribution in [-0.2, 0) is 11.2 Å². The van der Waals surface area contributed by atoms with E-state index in [-0.39, 0.29) is 4.61 Å². The van der Waals surface area contributed by atoms with Crippen LogP contribution in [0.5, 0.6) is 0 Å². The fourth-order valence-corrected chi connectivity index (χ4v) is 3.18. The van der Waals surface area contributed by atoms with E-state index in [0.717, 1.165) is 10.6 Å².